The molecule has 5 heteroatoms. The van der Waals surface area contributed by atoms with Crippen molar-refractivity contribution >= 4 is 0 Å². The number of benzene rings is 1. The maximum absolute atomic E-state index is 10.3. The quantitative estimate of drug-likeness (QED) is 0.916. The van der Waals surface area contributed by atoms with Crippen LogP contribution in [-0.2, 0) is 6.54 Å². The Morgan fingerprint density at radius 3 is 2.35 bits per heavy atom. The molecule has 1 aromatic carbocycles. The number of hydrogen-bond acceptors (Lipinski definition) is 5. The van der Waals surface area contributed by atoms with Gasteiger partial charge in [-0.2, -0.15) is 0 Å². The number of piperazine rings is 1. The Balaban J connectivity index is 1.47. The van der Waals surface area contributed by atoms with Crippen molar-refractivity contribution < 1.29 is 9.52 Å². The van der Waals surface area contributed by atoms with Gasteiger partial charge in [-0.05, 0) is 19.4 Å². The molecule has 2 heterocycles. The lowest BCUT2D eigenvalue weighted by Gasteiger charge is -2.35. The number of rotatable bonds is 5. The van der Waals surface area contributed by atoms with E-state index in [0.29, 0.717) is 6.54 Å². The summed E-state index contributed by atoms with van der Waals surface area (Å²) < 4.78 is 5.66. The van der Waals surface area contributed by atoms with Crippen LogP contribution in [0.25, 0.3) is 0 Å². The zero-order valence-electron chi connectivity index (χ0n) is 13.9. The summed E-state index contributed by atoms with van der Waals surface area (Å²) in [7, 11) is 0. The lowest BCUT2D eigenvalue weighted by atomic mass is 10.1. The Kier molecular flexibility index (Phi) is 5.10. The van der Waals surface area contributed by atoms with Crippen LogP contribution >= 0.6 is 0 Å². The molecule has 1 fully saturated rings. The molecule has 1 aliphatic heterocycles. The van der Waals surface area contributed by atoms with E-state index in [4.69, 9.17) is 4.42 Å². The first-order valence-corrected chi connectivity index (χ1v) is 8.22. The van der Waals surface area contributed by atoms with Crippen LogP contribution in [0, 0.1) is 13.8 Å². The highest BCUT2D eigenvalue weighted by atomic mass is 16.4. The first-order valence-electron chi connectivity index (χ1n) is 8.22. The predicted molar refractivity (Wildman–Crippen MR) is 89.1 cm³/mol. The fourth-order valence-corrected chi connectivity index (χ4v) is 2.95. The van der Waals surface area contributed by atoms with Crippen molar-refractivity contribution in [3.8, 4) is 0 Å². The average molecular weight is 315 g/mol. The molecule has 0 bridgehead atoms. The zero-order valence-corrected chi connectivity index (χ0v) is 13.9. The molecule has 3 rings (SSSR count). The molecule has 0 spiro atoms. The van der Waals surface area contributed by atoms with Gasteiger partial charge in [-0.1, -0.05) is 30.3 Å². The third kappa shape index (κ3) is 4.19. The molecular weight excluding hydrogens is 290 g/mol. The summed E-state index contributed by atoms with van der Waals surface area (Å²) in [5.41, 5.74) is 1.96. The van der Waals surface area contributed by atoms with Crippen molar-refractivity contribution in [3.63, 3.8) is 0 Å². The van der Waals surface area contributed by atoms with E-state index >= 15 is 0 Å². The first kappa shape index (κ1) is 16.2. The van der Waals surface area contributed by atoms with Gasteiger partial charge in [0.05, 0.1) is 18.3 Å². The van der Waals surface area contributed by atoms with Crippen molar-refractivity contribution in [2.24, 2.45) is 0 Å². The molecule has 5 nitrogen and oxygen atoms in total. The Morgan fingerprint density at radius 2 is 1.74 bits per heavy atom. The second-order valence-corrected chi connectivity index (χ2v) is 6.25. The lowest BCUT2D eigenvalue weighted by Crippen LogP contribution is -2.47. The number of β-amino-alcohol motifs (C(OH)–C–C–N with tert-alkyl or cyclic N) is 1. The minimum atomic E-state index is -0.417. The summed E-state index contributed by atoms with van der Waals surface area (Å²) in [4.78, 5) is 9.13. The topological polar surface area (TPSA) is 52.7 Å². The highest BCUT2D eigenvalue weighted by molar-refractivity contribution is 5.17. The van der Waals surface area contributed by atoms with Gasteiger partial charge >= 0.3 is 0 Å². The Labute approximate surface area is 137 Å². The van der Waals surface area contributed by atoms with Crippen LogP contribution in [0.4, 0.5) is 0 Å². The molecule has 0 saturated carbocycles. The van der Waals surface area contributed by atoms with E-state index in [1.807, 2.05) is 44.2 Å². The van der Waals surface area contributed by atoms with E-state index in [-0.39, 0.29) is 0 Å². The monoisotopic (exact) mass is 315 g/mol. The largest absolute Gasteiger partial charge is 0.444 e. The third-order valence-corrected chi connectivity index (χ3v) is 4.51. The molecule has 0 amide bonds. The van der Waals surface area contributed by atoms with Crippen molar-refractivity contribution in [1.82, 2.24) is 14.8 Å². The maximum atomic E-state index is 10.3. The summed E-state index contributed by atoms with van der Waals surface area (Å²) in [6.45, 7) is 9.26. The second-order valence-electron chi connectivity index (χ2n) is 6.25. The second kappa shape index (κ2) is 7.25. The van der Waals surface area contributed by atoms with Gasteiger partial charge in [0.2, 0.25) is 5.89 Å². The number of aliphatic hydroxyl groups excluding tert-OH is 1. The highest BCUT2D eigenvalue weighted by Gasteiger charge is 2.21. The normalized spacial score (nSPS) is 18.2. The molecule has 2 aromatic rings. The van der Waals surface area contributed by atoms with E-state index < -0.39 is 6.10 Å². The minimum Gasteiger partial charge on any atom is -0.444 e. The van der Waals surface area contributed by atoms with Gasteiger partial charge in [-0.3, -0.25) is 9.80 Å². The molecule has 1 unspecified atom stereocenters. The van der Waals surface area contributed by atoms with Gasteiger partial charge in [0.15, 0.2) is 0 Å². The SMILES string of the molecule is Cc1nc(CN2CCN(CC(O)c3ccccc3)CC2)oc1C. The molecular formula is C18H25N3O2. The van der Waals surface area contributed by atoms with Crippen LogP contribution < -0.4 is 0 Å². The smallest absolute Gasteiger partial charge is 0.208 e. The van der Waals surface area contributed by atoms with E-state index in [1.54, 1.807) is 0 Å². The fraction of sp³-hybridized carbons (Fsp3) is 0.500. The number of aryl methyl sites for hydroxylation is 2. The molecule has 0 aliphatic carbocycles. The Bertz CT molecular complexity index is 599. The van der Waals surface area contributed by atoms with Gasteiger partial charge in [-0.25, -0.2) is 4.98 Å². The number of aliphatic hydroxyl groups is 1. The molecule has 1 aliphatic rings. The molecule has 1 N–H and O–H groups in total. The molecule has 124 valence electrons. The van der Waals surface area contributed by atoms with Crippen LogP contribution in [0.15, 0.2) is 34.7 Å². The summed E-state index contributed by atoms with van der Waals surface area (Å²) >= 11 is 0. The molecule has 1 saturated heterocycles. The van der Waals surface area contributed by atoms with Gasteiger partial charge in [-0.15, -0.1) is 0 Å². The summed E-state index contributed by atoms with van der Waals surface area (Å²) in [6, 6.07) is 9.87. The van der Waals surface area contributed by atoms with E-state index in [0.717, 1.165) is 55.6 Å². The maximum Gasteiger partial charge on any atom is 0.208 e. The van der Waals surface area contributed by atoms with Gasteiger partial charge < -0.3 is 9.52 Å². The average Bonchev–Trinajstić information content (AvgIpc) is 2.88. The van der Waals surface area contributed by atoms with Gasteiger partial charge in [0, 0.05) is 32.7 Å². The molecule has 1 atom stereocenters. The van der Waals surface area contributed by atoms with Gasteiger partial charge in [0.1, 0.15) is 5.76 Å². The van der Waals surface area contributed by atoms with Gasteiger partial charge in [0.25, 0.3) is 0 Å². The van der Waals surface area contributed by atoms with Crippen molar-refractivity contribution in [2.45, 2.75) is 26.5 Å². The number of nitrogens with zero attached hydrogens (tertiary/aromatic N) is 3. The van der Waals surface area contributed by atoms with Crippen LogP contribution in [-0.4, -0.2) is 52.6 Å². The molecule has 1 aromatic heterocycles. The summed E-state index contributed by atoms with van der Waals surface area (Å²) in [6.07, 6.45) is -0.417. The van der Waals surface area contributed by atoms with Crippen LogP contribution in [0.1, 0.15) is 29.0 Å². The number of oxazole rings is 1. The van der Waals surface area contributed by atoms with Crippen LogP contribution in [0.2, 0.25) is 0 Å². The lowest BCUT2D eigenvalue weighted by molar-refractivity contribution is 0.0670. The van der Waals surface area contributed by atoms with Crippen molar-refractivity contribution in [1.29, 1.82) is 0 Å². The van der Waals surface area contributed by atoms with Crippen LogP contribution in [0.5, 0.6) is 0 Å². The zero-order chi connectivity index (χ0) is 16.2. The standard InChI is InChI=1S/C18H25N3O2/c1-14-15(2)23-18(19-14)13-21-10-8-20(9-11-21)12-17(22)16-6-4-3-5-7-16/h3-7,17,22H,8-13H2,1-2H3. The minimum absolute atomic E-state index is 0.417. The van der Waals surface area contributed by atoms with Crippen molar-refractivity contribution in [2.75, 3.05) is 32.7 Å². The molecule has 23 heavy (non-hydrogen) atoms. The van der Waals surface area contributed by atoms with E-state index in [2.05, 4.69) is 14.8 Å². The highest BCUT2D eigenvalue weighted by Crippen LogP contribution is 2.16. The van der Waals surface area contributed by atoms with Crippen molar-refractivity contribution in [3.05, 3.63) is 53.2 Å². The molecule has 0 radical (unpaired) electrons. The third-order valence-electron chi connectivity index (χ3n) is 4.51. The summed E-state index contributed by atoms with van der Waals surface area (Å²) in [5, 5.41) is 10.3. The Morgan fingerprint density at radius 1 is 1.09 bits per heavy atom. The Hall–Kier alpha value is -1.69. The summed E-state index contributed by atoms with van der Waals surface area (Å²) in [5.74, 6) is 1.71. The number of hydrogen-bond donors (Lipinski definition) is 1. The first-order chi connectivity index (χ1) is 11.1. The van der Waals surface area contributed by atoms with E-state index in [1.165, 1.54) is 0 Å². The predicted octanol–water partition coefficient (Wildman–Crippen LogP) is 2.14. The fourth-order valence-electron chi connectivity index (χ4n) is 2.95. The van der Waals surface area contributed by atoms with E-state index in [9.17, 15) is 5.11 Å². The van der Waals surface area contributed by atoms with Crippen LogP contribution in [0.3, 0.4) is 0 Å². The number of aromatic nitrogens is 1.